The van der Waals surface area contributed by atoms with Crippen LogP contribution in [0.1, 0.15) is 12.0 Å². The minimum Gasteiger partial charge on any atom is -0.508 e. The molecule has 0 bridgehead atoms. The van der Waals surface area contributed by atoms with Crippen molar-refractivity contribution in [3.63, 3.8) is 0 Å². The molecular weight excluding hydrogens is 548 g/mol. The van der Waals surface area contributed by atoms with Crippen LogP contribution < -0.4 is 10.6 Å². The van der Waals surface area contributed by atoms with Crippen LogP contribution in [0.3, 0.4) is 0 Å². The molecule has 2 rings (SSSR count). The molecule has 0 spiro atoms. The van der Waals surface area contributed by atoms with Crippen LogP contribution in [0.2, 0.25) is 0 Å². The molecule has 8 N–H and O–H groups in total. The number of nitrogens with one attached hydrogen (secondary N) is 2. The fourth-order valence-electron chi connectivity index (χ4n) is 4.04. The van der Waals surface area contributed by atoms with Crippen LogP contribution in [0.4, 0.5) is 0 Å². The van der Waals surface area contributed by atoms with Crippen LogP contribution in [0, 0.1) is 12.3 Å². The van der Waals surface area contributed by atoms with Crippen molar-refractivity contribution >= 4 is 17.8 Å². The SMILES string of the molecule is C#CCOCCOCCO[C@]1(C(=O)O)C[C@H](O)[C@@H](NC(=O)CO)[C@H]([C@H](O)[C@H](O)CNC(=O)Cc2cccc(O)c2)O1. The second-order valence-electron chi connectivity index (χ2n) is 9.09. The maximum Gasteiger partial charge on any atom is 0.364 e. The molecule has 0 radical (unpaired) electrons. The summed E-state index contributed by atoms with van der Waals surface area (Å²) >= 11 is 0. The molecule has 1 aliphatic rings. The van der Waals surface area contributed by atoms with Gasteiger partial charge in [0.05, 0.1) is 51.1 Å². The number of phenolic OH excluding ortho intramolecular Hbond substituents is 1. The van der Waals surface area contributed by atoms with Gasteiger partial charge in [0, 0.05) is 13.0 Å². The van der Waals surface area contributed by atoms with Crippen molar-refractivity contribution in [1.29, 1.82) is 0 Å². The third kappa shape index (κ3) is 10.5. The number of phenols is 1. The quantitative estimate of drug-likeness (QED) is 0.0669. The highest BCUT2D eigenvalue weighted by molar-refractivity contribution is 5.79. The standard InChI is InChI=1S/C26H36N2O13/c1-2-6-38-7-8-39-9-10-40-26(25(36)37)13-18(31)22(28-21(34)15-29)24(41-26)23(35)19(32)14-27-20(33)12-16-4-3-5-17(30)11-16/h1,3-5,11,18-19,22-24,29-32,35H,6-10,12-15H2,(H,27,33)(H,28,34)(H,36,37)/t18-,19+,22+,23+,24+,26+/m0/s1. The van der Waals surface area contributed by atoms with Gasteiger partial charge in [0.15, 0.2) is 0 Å². The summed E-state index contributed by atoms with van der Waals surface area (Å²) in [5, 5.41) is 65.5. The number of benzene rings is 1. The first kappa shape index (κ1) is 33.9. The maximum absolute atomic E-state index is 12.3. The van der Waals surface area contributed by atoms with Crippen molar-refractivity contribution in [1.82, 2.24) is 10.6 Å². The third-order valence-corrected chi connectivity index (χ3v) is 6.00. The number of aromatic hydroxyl groups is 1. The van der Waals surface area contributed by atoms with Crippen molar-refractivity contribution < 1.29 is 64.0 Å². The molecule has 0 saturated carbocycles. The number of rotatable bonds is 17. The van der Waals surface area contributed by atoms with Gasteiger partial charge in [-0.15, -0.1) is 6.42 Å². The number of carbonyl (C=O) groups is 3. The Kier molecular flexibility index (Phi) is 13.9. The molecule has 15 nitrogen and oxygen atoms in total. The van der Waals surface area contributed by atoms with E-state index in [1.165, 1.54) is 12.1 Å². The first-order valence-electron chi connectivity index (χ1n) is 12.7. The number of carboxylic acid groups (broad SMARTS) is 1. The maximum atomic E-state index is 12.3. The van der Waals surface area contributed by atoms with Crippen LogP contribution >= 0.6 is 0 Å². The van der Waals surface area contributed by atoms with E-state index in [0.29, 0.717) is 5.56 Å². The highest BCUT2D eigenvalue weighted by Crippen LogP contribution is 2.33. The summed E-state index contributed by atoms with van der Waals surface area (Å²) in [7, 11) is 0. The van der Waals surface area contributed by atoms with Gasteiger partial charge >= 0.3 is 5.97 Å². The second-order valence-corrected chi connectivity index (χ2v) is 9.09. The monoisotopic (exact) mass is 584 g/mol. The molecule has 1 fully saturated rings. The van der Waals surface area contributed by atoms with Crippen LogP contribution in [-0.4, -0.2) is 131 Å². The molecule has 0 aromatic heterocycles. The predicted octanol–water partition coefficient (Wildman–Crippen LogP) is -3.14. The number of aliphatic hydroxyl groups is 4. The van der Waals surface area contributed by atoms with Gasteiger partial charge in [-0.25, -0.2) is 4.79 Å². The molecule has 1 aromatic rings. The number of aliphatic hydroxyl groups excluding tert-OH is 4. The Labute approximate surface area is 236 Å². The van der Waals surface area contributed by atoms with Gasteiger partial charge in [0.1, 0.15) is 31.2 Å². The van der Waals surface area contributed by atoms with E-state index in [1.54, 1.807) is 12.1 Å². The minimum absolute atomic E-state index is 0.0421. The first-order chi connectivity index (χ1) is 19.5. The Balaban J connectivity index is 2.08. The lowest BCUT2D eigenvalue weighted by atomic mass is 9.88. The molecule has 1 aromatic carbocycles. The Morgan fingerprint density at radius 3 is 2.51 bits per heavy atom. The van der Waals surface area contributed by atoms with Crippen LogP contribution in [0.15, 0.2) is 24.3 Å². The van der Waals surface area contributed by atoms with Crippen molar-refractivity contribution in [2.75, 3.05) is 46.2 Å². The van der Waals surface area contributed by atoms with Crippen molar-refractivity contribution in [3.8, 4) is 18.1 Å². The van der Waals surface area contributed by atoms with Crippen LogP contribution in [-0.2, 0) is 39.8 Å². The molecule has 1 aliphatic heterocycles. The molecular formula is C26H36N2O13. The Bertz CT molecular complexity index is 1050. The molecule has 0 aliphatic carbocycles. The van der Waals surface area contributed by atoms with E-state index in [1.807, 2.05) is 0 Å². The predicted molar refractivity (Wildman–Crippen MR) is 138 cm³/mol. The number of amides is 2. The number of ether oxygens (including phenoxy) is 4. The lowest BCUT2D eigenvalue weighted by Gasteiger charge is -2.46. The van der Waals surface area contributed by atoms with Crippen molar-refractivity contribution in [2.45, 2.75) is 49.1 Å². The normalized spacial score (nSPS) is 23.6. The van der Waals surface area contributed by atoms with E-state index in [9.17, 15) is 39.9 Å². The summed E-state index contributed by atoms with van der Waals surface area (Å²) in [5.41, 5.74) is 0.482. The van der Waals surface area contributed by atoms with Gasteiger partial charge in [0.2, 0.25) is 11.8 Å². The largest absolute Gasteiger partial charge is 0.508 e. The number of terminal acetylenes is 1. The van der Waals surface area contributed by atoms with Gasteiger partial charge < -0.3 is 60.2 Å². The summed E-state index contributed by atoms with van der Waals surface area (Å²) in [5.74, 6) is -3.46. The Morgan fingerprint density at radius 1 is 1.15 bits per heavy atom. The molecule has 1 heterocycles. The molecule has 41 heavy (non-hydrogen) atoms. The van der Waals surface area contributed by atoms with E-state index >= 15 is 0 Å². The summed E-state index contributed by atoms with van der Waals surface area (Å²) < 4.78 is 21.3. The first-order valence-corrected chi connectivity index (χ1v) is 12.7. The number of hydrogen-bond acceptors (Lipinski definition) is 12. The average molecular weight is 585 g/mol. The lowest BCUT2D eigenvalue weighted by molar-refractivity contribution is -0.312. The number of hydrogen-bond donors (Lipinski definition) is 8. The minimum atomic E-state index is -2.51. The van der Waals surface area contributed by atoms with E-state index in [0.717, 1.165) is 0 Å². The van der Waals surface area contributed by atoms with E-state index in [4.69, 9.17) is 30.5 Å². The molecule has 2 amide bonds. The van der Waals surface area contributed by atoms with Gasteiger partial charge in [-0.2, -0.15) is 0 Å². The highest BCUT2D eigenvalue weighted by atomic mass is 16.7. The average Bonchev–Trinajstić information content (AvgIpc) is 2.93. The molecule has 228 valence electrons. The zero-order valence-corrected chi connectivity index (χ0v) is 22.2. The number of carbonyl (C=O) groups excluding carboxylic acids is 2. The molecule has 15 heteroatoms. The topological polar surface area (TPSA) is 234 Å². The fraction of sp³-hybridized carbons (Fsp3) is 0.577. The zero-order chi connectivity index (χ0) is 30.4. The molecule has 0 unspecified atom stereocenters. The summed E-state index contributed by atoms with van der Waals surface area (Å²) in [6.45, 7) is -1.51. The van der Waals surface area contributed by atoms with Crippen LogP contribution in [0.5, 0.6) is 5.75 Å². The van der Waals surface area contributed by atoms with Gasteiger partial charge in [-0.05, 0) is 17.7 Å². The number of aliphatic carboxylic acids is 1. The smallest absolute Gasteiger partial charge is 0.364 e. The highest BCUT2D eigenvalue weighted by Gasteiger charge is 2.55. The van der Waals surface area contributed by atoms with E-state index < -0.39 is 73.6 Å². The van der Waals surface area contributed by atoms with Crippen molar-refractivity contribution in [3.05, 3.63) is 29.8 Å². The van der Waals surface area contributed by atoms with Gasteiger partial charge in [-0.1, -0.05) is 18.1 Å². The summed E-state index contributed by atoms with van der Waals surface area (Å²) in [6.07, 6.45) is -2.92. The van der Waals surface area contributed by atoms with Crippen molar-refractivity contribution in [2.24, 2.45) is 0 Å². The van der Waals surface area contributed by atoms with E-state index in [2.05, 4.69) is 16.6 Å². The van der Waals surface area contributed by atoms with E-state index in [-0.39, 0.29) is 45.2 Å². The Morgan fingerprint density at radius 2 is 1.85 bits per heavy atom. The molecule has 6 atom stereocenters. The summed E-state index contributed by atoms with van der Waals surface area (Å²) in [6, 6.07) is 4.47. The second kappa shape index (κ2) is 16.8. The lowest BCUT2D eigenvalue weighted by Crippen LogP contribution is -2.68. The Hall–Kier alpha value is -3.33. The molecule has 1 saturated heterocycles. The fourth-order valence-corrected chi connectivity index (χ4v) is 4.04. The van der Waals surface area contributed by atoms with Gasteiger partial charge in [0.25, 0.3) is 5.79 Å². The third-order valence-electron chi connectivity index (χ3n) is 6.00. The van der Waals surface area contributed by atoms with Gasteiger partial charge in [-0.3, -0.25) is 9.59 Å². The summed E-state index contributed by atoms with van der Waals surface area (Å²) in [4.78, 5) is 36.4. The number of carboxylic acids is 1. The van der Waals surface area contributed by atoms with Crippen LogP contribution in [0.25, 0.3) is 0 Å². The zero-order valence-electron chi connectivity index (χ0n) is 22.2.